The van der Waals surface area contributed by atoms with Gasteiger partial charge < -0.3 is 15.5 Å². The van der Waals surface area contributed by atoms with Crippen molar-refractivity contribution in [2.75, 3.05) is 0 Å². The van der Waals surface area contributed by atoms with Crippen molar-refractivity contribution >= 4 is 11.9 Å². The van der Waals surface area contributed by atoms with Crippen LogP contribution >= 0.6 is 0 Å². The van der Waals surface area contributed by atoms with E-state index in [4.69, 9.17) is 10.2 Å². The molecule has 0 heterocycles. The Morgan fingerprint density at radius 1 is 1.27 bits per heavy atom. The number of hydrogen-bond acceptors (Lipinski definition) is 3. The lowest BCUT2D eigenvalue weighted by Crippen LogP contribution is -2.46. The second kappa shape index (κ2) is 4.82. The predicted molar refractivity (Wildman–Crippen MR) is 55.5 cm³/mol. The molecule has 3 N–H and O–H groups in total. The molecule has 0 saturated carbocycles. The first-order chi connectivity index (χ1) is 6.72. The van der Waals surface area contributed by atoms with Crippen LogP contribution in [0.3, 0.4) is 0 Å². The fourth-order valence-corrected chi connectivity index (χ4v) is 1.01. The zero-order valence-corrected chi connectivity index (χ0v) is 9.42. The smallest absolute Gasteiger partial charge is 0.333 e. The maximum absolute atomic E-state index is 10.8. The van der Waals surface area contributed by atoms with Crippen LogP contribution in [0.15, 0.2) is 11.3 Å². The number of carbonyl (C=O) groups is 2. The third kappa shape index (κ3) is 3.61. The van der Waals surface area contributed by atoms with Crippen molar-refractivity contribution in [2.45, 2.75) is 39.7 Å². The van der Waals surface area contributed by atoms with Gasteiger partial charge in [0.05, 0.1) is 5.57 Å². The Kier molecular flexibility index (Phi) is 4.33. The van der Waals surface area contributed by atoms with Crippen LogP contribution in [-0.4, -0.2) is 27.7 Å². The molecule has 0 radical (unpaired) electrons. The number of carboxylic acid groups (broad SMARTS) is 2. The molecule has 0 amide bonds. The first-order valence-corrected chi connectivity index (χ1v) is 4.67. The number of hydrogen-bond donors (Lipinski definition) is 3. The molecular formula is C10H17NO4. The average molecular weight is 215 g/mol. The van der Waals surface area contributed by atoms with Gasteiger partial charge in [-0.25, -0.2) is 9.59 Å². The van der Waals surface area contributed by atoms with E-state index in [0.29, 0.717) is 12.1 Å². The van der Waals surface area contributed by atoms with Crippen LogP contribution in [0.1, 0.15) is 34.1 Å². The summed E-state index contributed by atoms with van der Waals surface area (Å²) in [5.41, 5.74) is -0.580. The molecule has 0 fully saturated rings. The minimum Gasteiger partial charge on any atom is -0.480 e. The van der Waals surface area contributed by atoms with Gasteiger partial charge in [-0.3, -0.25) is 0 Å². The Bertz CT molecular complexity index is 305. The Morgan fingerprint density at radius 3 is 2.00 bits per heavy atom. The summed E-state index contributed by atoms with van der Waals surface area (Å²) in [7, 11) is 0. The third-order valence-corrected chi connectivity index (χ3v) is 2.13. The summed E-state index contributed by atoms with van der Waals surface area (Å²) in [6.07, 6.45) is 0.453. The number of aliphatic carboxylic acids is 2. The van der Waals surface area contributed by atoms with Gasteiger partial charge >= 0.3 is 11.9 Å². The lowest BCUT2D eigenvalue weighted by Gasteiger charge is -2.24. The van der Waals surface area contributed by atoms with Gasteiger partial charge in [-0.2, -0.15) is 0 Å². The maximum atomic E-state index is 10.8. The highest BCUT2D eigenvalue weighted by molar-refractivity contribution is 5.87. The summed E-state index contributed by atoms with van der Waals surface area (Å²) in [5.74, 6) is -2.06. The largest absolute Gasteiger partial charge is 0.480 e. The van der Waals surface area contributed by atoms with Gasteiger partial charge in [0, 0.05) is 5.70 Å². The van der Waals surface area contributed by atoms with Crippen molar-refractivity contribution in [2.24, 2.45) is 0 Å². The maximum Gasteiger partial charge on any atom is 0.333 e. The third-order valence-electron chi connectivity index (χ3n) is 2.13. The molecule has 0 aromatic carbocycles. The molecule has 0 bridgehead atoms. The molecule has 0 unspecified atom stereocenters. The molecule has 0 aromatic rings. The van der Waals surface area contributed by atoms with E-state index in [1.54, 1.807) is 6.92 Å². The highest BCUT2D eigenvalue weighted by Gasteiger charge is 2.28. The lowest BCUT2D eigenvalue weighted by atomic mass is 10.0. The first kappa shape index (κ1) is 13.5. The summed E-state index contributed by atoms with van der Waals surface area (Å²) in [6.45, 7) is 6.19. The molecule has 0 aliphatic rings. The molecule has 86 valence electrons. The van der Waals surface area contributed by atoms with Crippen LogP contribution in [0.4, 0.5) is 0 Å². The van der Waals surface area contributed by atoms with Gasteiger partial charge in [0.25, 0.3) is 0 Å². The van der Waals surface area contributed by atoms with Crippen molar-refractivity contribution < 1.29 is 19.8 Å². The Morgan fingerprint density at radius 2 is 1.73 bits per heavy atom. The number of nitrogens with one attached hydrogen (secondary N) is 1. The SMILES string of the molecule is CCC(NC(C)(C)C(=O)O)=C(C)C(=O)O. The summed E-state index contributed by atoms with van der Waals surface area (Å²) in [5, 5.41) is 20.4. The Balaban J connectivity index is 4.98. The summed E-state index contributed by atoms with van der Waals surface area (Å²) in [4.78, 5) is 21.5. The first-order valence-electron chi connectivity index (χ1n) is 4.67. The fourth-order valence-electron chi connectivity index (χ4n) is 1.01. The molecule has 0 rings (SSSR count). The molecule has 0 aliphatic carbocycles. The minimum absolute atomic E-state index is 0.145. The van der Waals surface area contributed by atoms with E-state index >= 15 is 0 Å². The van der Waals surface area contributed by atoms with Gasteiger partial charge in [-0.15, -0.1) is 0 Å². The van der Waals surface area contributed by atoms with Crippen molar-refractivity contribution in [1.29, 1.82) is 0 Å². The van der Waals surface area contributed by atoms with Crippen LogP contribution in [0.5, 0.6) is 0 Å². The highest BCUT2D eigenvalue weighted by atomic mass is 16.4. The average Bonchev–Trinajstić information content (AvgIpc) is 2.12. The molecule has 0 spiro atoms. The second-order valence-corrected chi connectivity index (χ2v) is 3.82. The quantitative estimate of drug-likeness (QED) is 0.600. The van der Waals surface area contributed by atoms with Gasteiger partial charge in [0.15, 0.2) is 0 Å². The Labute approximate surface area is 88.8 Å². The van der Waals surface area contributed by atoms with Crippen molar-refractivity contribution in [3.63, 3.8) is 0 Å². The number of allylic oxidation sites excluding steroid dienone is 1. The van der Waals surface area contributed by atoms with Crippen LogP contribution in [0.25, 0.3) is 0 Å². The van der Waals surface area contributed by atoms with Gasteiger partial charge in [0.1, 0.15) is 5.54 Å². The molecule has 0 aromatic heterocycles. The van der Waals surface area contributed by atoms with Crippen LogP contribution in [0.2, 0.25) is 0 Å². The van der Waals surface area contributed by atoms with E-state index in [1.807, 2.05) is 0 Å². The van der Waals surface area contributed by atoms with Crippen molar-refractivity contribution in [1.82, 2.24) is 5.32 Å². The number of rotatable bonds is 5. The molecule has 0 aliphatic heterocycles. The minimum atomic E-state index is -1.16. The van der Waals surface area contributed by atoms with Gasteiger partial charge in [0.2, 0.25) is 0 Å². The van der Waals surface area contributed by atoms with E-state index in [9.17, 15) is 9.59 Å². The standard InChI is InChI=1S/C10H17NO4/c1-5-7(6(2)8(12)13)11-10(3,4)9(14)15/h11H,5H2,1-4H3,(H,12,13)(H,14,15). The zero-order valence-electron chi connectivity index (χ0n) is 9.42. The van der Waals surface area contributed by atoms with Gasteiger partial charge in [-0.1, -0.05) is 6.92 Å². The summed E-state index contributed by atoms with van der Waals surface area (Å²) < 4.78 is 0. The van der Waals surface area contributed by atoms with E-state index < -0.39 is 17.5 Å². The normalized spacial score (nSPS) is 13.1. The van der Waals surface area contributed by atoms with E-state index in [2.05, 4.69) is 5.32 Å². The fraction of sp³-hybridized carbons (Fsp3) is 0.600. The molecule has 5 nitrogen and oxygen atoms in total. The van der Waals surface area contributed by atoms with Crippen LogP contribution in [-0.2, 0) is 9.59 Å². The van der Waals surface area contributed by atoms with Crippen LogP contribution in [0, 0.1) is 0 Å². The van der Waals surface area contributed by atoms with E-state index in [1.165, 1.54) is 20.8 Å². The molecule has 15 heavy (non-hydrogen) atoms. The summed E-state index contributed by atoms with van der Waals surface area (Å²) in [6, 6.07) is 0. The second-order valence-electron chi connectivity index (χ2n) is 3.82. The van der Waals surface area contributed by atoms with Crippen molar-refractivity contribution in [3.8, 4) is 0 Å². The summed E-state index contributed by atoms with van der Waals surface area (Å²) >= 11 is 0. The molecule has 5 heteroatoms. The topological polar surface area (TPSA) is 86.6 Å². The molecule has 0 atom stereocenters. The van der Waals surface area contributed by atoms with E-state index in [-0.39, 0.29) is 5.57 Å². The van der Waals surface area contributed by atoms with Crippen LogP contribution < -0.4 is 5.32 Å². The van der Waals surface area contributed by atoms with E-state index in [0.717, 1.165) is 0 Å². The highest BCUT2D eigenvalue weighted by Crippen LogP contribution is 2.12. The molecule has 0 saturated heterocycles. The zero-order chi connectivity index (χ0) is 12.2. The Hall–Kier alpha value is -1.52. The van der Waals surface area contributed by atoms with Gasteiger partial charge in [-0.05, 0) is 27.2 Å². The van der Waals surface area contributed by atoms with Crippen molar-refractivity contribution in [3.05, 3.63) is 11.3 Å². The lowest BCUT2D eigenvalue weighted by molar-refractivity contribution is -0.143. The monoisotopic (exact) mass is 215 g/mol. The molecular weight excluding hydrogens is 198 g/mol. The predicted octanol–water partition coefficient (Wildman–Crippen LogP) is 1.21. The number of carboxylic acids is 2.